The third-order valence-electron chi connectivity index (χ3n) is 4.40. The lowest BCUT2D eigenvalue weighted by atomic mass is 10.2. The molecule has 0 atom stereocenters. The van der Waals surface area contributed by atoms with Crippen molar-refractivity contribution in [2.24, 2.45) is 0 Å². The quantitative estimate of drug-likeness (QED) is 0.425. The van der Waals surface area contributed by atoms with Crippen LogP contribution in [0.4, 0.5) is 10.6 Å². The standard InChI is InChI=1S/C20H18N6O3S/c1-13-7-16(5-6-21-13)26-18-12-22-19(9-15(18)11-24-26)25-20(27)23-10-14-3-2-4-17(8-14)30(28)29/h2-9,11-12,30H,10H2,1H3,(H2,22,23,25,27). The number of thiol groups is 1. The average Bonchev–Trinajstić information content (AvgIpc) is 3.16. The van der Waals surface area contributed by atoms with E-state index in [1.807, 2.05) is 19.1 Å². The lowest BCUT2D eigenvalue weighted by molar-refractivity contribution is 0.251. The third kappa shape index (κ3) is 4.28. The summed E-state index contributed by atoms with van der Waals surface area (Å²) in [6, 6.07) is 11.5. The van der Waals surface area contributed by atoms with Gasteiger partial charge in [0, 0.05) is 23.8 Å². The van der Waals surface area contributed by atoms with Crippen LogP contribution in [-0.2, 0) is 17.2 Å². The first-order chi connectivity index (χ1) is 14.5. The first-order valence-electron chi connectivity index (χ1n) is 9.04. The summed E-state index contributed by atoms with van der Waals surface area (Å²) in [5.74, 6) is 0.377. The molecule has 2 N–H and O–H groups in total. The van der Waals surface area contributed by atoms with Crippen LogP contribution in [-0.4, -0.2) is 34.2 Å². The van der Waals surface area contributed by atoms with Crippen LogP contribution in [0.15, 0.2) is 66.0 Å². The van der Waals surface area contributed by atoms with Crippen molar-refractivity contribution in [1.29, 1.82) is 0 Å². The molecular formula is C20H18N6O3S. The monoisotopic (exact) mass is 422 g/mol. The Hall–Kier alpha value is -3.79. The molecule has 10 heteroatoms. The lowest BCUT2D eigenvalue weighted by Gasteiger charge is -2.08. The maximum atomic E-state index is 12.2. The summed E-state index contributed by atoms with van der Waals surface area (Å²) >= 11 is 0. The van der Waals surface area contributed by atoms with E-state index in [4.69, 9.17) is 0 Å². The number of fused-ring (bicyclic) bond motifs is 1. The molecule has 0 saturated carbocycles. The van der Waals surface area contributed by atoms with E-state index in [-0.39, 0.29) is 11.4 Å². The van der Waals surface area contributed by atoms with Crippen LogP contribution in [0.3, 0.4) is 0 Å². The molecule has 4 rings (SSSR count). The minimum Gasteiger partial charge on any atom is -0.334 e. The van der Waals surface area contributed by atoms with Gasteiger partial charge in [-0.05, 0) is 42.8 Å². The van der Waals surface area contributed by atoms with Crippen LogP contribution in [0.5, 0.6) is 0 Å². The molecule has 0 aliphatic rings. The SMILES string of the molecule is Cc1cc(-n2ncc3cc(NC(=O)NCc4cccc([SH](=O)=O)c4)ncc32)ccn1. The molecule has 1 aromatic carbocycles. The zero-order valence-electron chi connectivity index (χ0n) is 15.9. The van der Waals surface area contributed by atoms with Gasteiger partial charge in [0.1, 0.15) is 5.82 Å². The highest BCUT2D eigenvalue weighted by atomic mass is 32.2. The van der Waals surface area contributed by atoms with Crippen molar-refractivity contribution in [3.8, 4) is 5.69 Å². The maximum Gasteiger partial charge on any atom is 0.320 e. The fourth-order valence-electron chi connectivity index (χ4n) is 2.99. The Bertz CT molecular complexity index is 1310. The van der Waals surface area contributed by atoms with Crippen molar-refractivity contribution in [2.45, 2.75) is 18.4 Å². The zero-order chi connectivity index (χ0) is 21.1. The van der Waals surface area contributed by atoms with Crippen LogP contribution in [0.2, 0.25) is 0 Å². The number of anilines is 1. The molecule has 0 radical (unpaired) electrons. The van der Waals surface area contributed by atoms with Gasteiger partial charge in [-0.15, -0.1) is 0 Å². The molecule has 0 fully saturated rings. The van der Waals surface area contributed by atoms with Gasteiger partial charge in [-0.2, -0.15) is 5.10 Å². The van der Waals surface area contributed by atoms with Crippen molar-refractivity contribution in [1.82, 2.24) is 25.1 Å². The van der Waals surface area contributed by atoms with Gasteiger partial charge in [-0.1, -0.05) is 12.1 Å². The minimum atomic E-state index is -2.66. The molecule has 0 aliphatic heterocycles. The van der Waals surface area contributed by atoms with Crippen molar-refractivity contribution >= 4 is 33.5 Å². The number of aryl methyl sites for hydroxylation is 1. The third-order valence-corrected chi connectivity index (χ3v) is 5.10. The minimum absolute atomic E-state index is 0.185. The Balaban J connectivity index is 1.45. The van der Waals surface area contributed by atoms with Gasteiger partial charge in [-0.25, -0.2) is 22.9 Å². The highest BCUT2D eigenvalue weighted by Gasteiger charge is 2.09. The molecule has 4 aromatic rings. The van der Waals surface area contributed by atoms with Crippen LogP contribution < -0.4 is 10.6 Å². The summed E-state index contributed by atoms with van der Waals surface area (Å²) < 4.78 is 23.9. The Kier molecular flexibility index (Phi) is 5.40. The second kappa shape index (κ2) is 8.29. The predicted molar refractivity (Wildman–Crippen MR) is 112 cm³/mol. The molecule has 152 valence electrons. The van der Waals surface area contributed by atoms with Gasteiger partial charge in [0.05, 0.1) is 28.5 Å². The zero-order valence-corrected chi connectivity index (χ0v) is 16.8. The Morgan fingerprint density at radius 1 is 1.10 bits per heavy atom. The van der Waals surface area contributed by atoms with E-state index in [0.29, 0.717) is 11.4 Å². The number of carbonyl (C=O) groups is 1. The van der Waals surface area contributed by atoms with E-state index in [1.165, 1.54) is 12.1 Å². The number of hydrogen-bond acceptors (Lipinski definition) is 6. The van der Waals surface area contributed by atoms with Crippen LogP contribution in [0.1, 0.15) is 11.3 Å². The van der Waals surface area contributed by atoms with E-state index in [1.54, 1.807) is 41.5 Å². The van der Waals surface area contributed by atoms with E-state index in [9.17, 15) is 13.2 Å². The molecule has 3 aromatic heterocycles. The molecular weight excluding hydrogens is 404 g/mol. The lowest BCUT2D eigenvalue weighted by Crippen LogP contribution is -2.28. The fourth-order valence-corrected chi connectivity index (χ4v) is 3.46. The van der Waals surface area contributed by atoms with Crippen molar-refractivity contribution in [2.75, 3.05) is 5.32 Å². The van der Waals surface area contributed by atoms with Crippen molar-refractivity contribution < 1.29 is 13.2 Å². The van der Waals surface area contributed by atoms with Crippen LogP contribution in [0.25, 0.3) is 16.6 Å². The predicted octanol–water partition coefficient (Wildman–Crippen LogP) is 2.42. The van der Waals surface area contributed by atoms with E-state index in [2.05, 4.69) is 25.7 Å². The Morgan fingerprint density at radius 3 is 2.77 bits per heavy atom. The first kappa shape index (κ1) is 19.5. The van der Waals surface area contributed by atoms with E-state index >= 15 is 0 Å². The number of aromatic nitrogens is 4. The Labute approximate surface area is 173 Å². The number of pyridine rings is 2. The first-order valence-corrected chi connectivity index (χ1v) is 10.2. The number of nitrogens with zero attached hydrogens (tertiary/aromatic N) is 4. The molecule has 30 heavy (non-hydrogen) atoms. The molecule has 0 saturated heterocycles. The second-order valence-electron chi connectivity index (χ2n) is 6.57. The second-order valence-corrected chi connectivity index (χ2v) is 7.61. The molecule has 0 unspecified atom stereocenters. The largest absolute Gasteiger partial charge is 0.334 e. The topological polar surface area (TPSA) is 119 Å². The molecule has 3 heterocycles. The van der Waals surface area contributed by atoms with Gasteiger partial charge in [0.15, 0.2) is 10.7 Å². The number of nitrogens with one attached hydrogen (secondary N) is 2. The Morgan fingerprint density at radius 2 is 1.97 bits per heavy atom. The fraction of sp³-hybridized carbons (Fsp3) is 0.100. The van der Waals surface area contributed by atoms with Gasteiger partial charge < -0.3 is 5.32 Å². The summed E-state index contributed by atoms with van der Waals surface area (Å²) in [5.41, 5.74) is 3.24. The van der Waals surface area contributed by atoms with Gasteiger partial charge >= 0.3 is 6.03 Å². The molecule has 0 aliphatic carbocycles. The number of amides is 2. The summed E-state index contributed by atoms with van der Waals surface area (Å²) in [4.78, 5) is 20.9. The average molecular weight is 422 g/mol. The van der Waals surface area contributed by atoms with Gasteiger partial charge in [0.2, 0.25) is 0 Å². The molecule has 0 spiro atoms. The molecule has 0 bridgehead atoms. The van der Waals surface area contributed by atoms with Gasteiger partial charge in [0.25, 0.3) is 0 Å². The van der Waals surface area contributed by atoms with Crippen LogP contribution >= 0.6 is 0 Å². The number of urea groups is 1. The summed E-state index contributed by atoms with van der Waals surface area (Å²) in [6.07, 6.45) is 5.06. The normalized spacial score (nSPS) is 11.0. The highest BCUT2D eigenvalue weighted by molar-refractivity contribution is 7.72. The number of rotatable bonds is 5. The number of carbonyl (C=O) groups excluding carboxylic acids is 1. The summed E-state index contributed by atoms with van der Waals surface area (Å²) in [6.45, 7) is 2.09. The number of hydrogen-bond donors (Lipinski definition) is 3. The van der Waals surface area contributed by atoms with Crippen molar-refractivity contribution in [3.63, 3.8) is 0 Å². The summed E-state index contributed by atoms with van der Waals surface area (Å²) in [7, 11) is -2.66. The molecule has 2 amide bonds. The summed E-state index contributed by atoms with van der Waals surface area (Å²) in [5, 5.41) is 10.6. The van der Waals surface area contributed by atoms with Crippen molar-refractivity contribution in [3.05, 3.63) is 72.3 Å². The molecule has 9 nitrogen and oxygen atoms in total. The van der Waals surface area contributed by atoms with Gasteiger partial charge in [-0.3, -0.25) is 10.3 Å². The maximum absolute atomic E-state index is 12.2. The van der Waals surface area contributed by atoms with Crippen LogP contribution in [0, 0.1) is 6.92 Å². The smallest absolute Gasteiger partial charge is 0.320 e. The number of benzene rings is 1. The van der Waals surface area contributed by atoms with E-state index < -0.39 is 16.7 Å². The van der Waals surface area contributed by atoms with E-state index in [0.717, 1.165) is 22.3 Å². The highest BCUT2D eigenvalue weighted by Crippen LogP contribution is 2.20.